The molecule has 0 bridgehead atoms. The van der Waals surface area contributed by atoms with E-state index in [1.165, 1.54) is 4.88 Å². The highest BCUT2D eigenvalue weighted by molar-refractivity contribution is 7.12. The number of aliphatic imine (C=N–C) groups is 1. The summed E-state index contributed by atoms with van der Waals surface area (Å²) in [6.07, 6.45) is 0. The minimum Gasteiger partial charge on any atom is -0.370 e. The van der Waals surface area contributed by atoms with Gasteiger partial charge in [-0.05, 0) is 25.5 Å². The number of rotatable bonds is 1. The smallest absolute Gasteiger partial charge is 0.256 e. The van der Waals surface area contributed by atoms with Crippen LogP contribution < -0.4 is 11.1 Å². The van der Waals surface area contributed by atoms with E-state index in [4.69, 9.17) is 5.73 Å². The highest BCUT2D eigenvalue weighted by atomic mass is 32.1. The van der Waals surface area contributed by atoms with E-state index in [2.05, 4.69) is 10.3 Å². The van der Waals surface area contributed by atoms with Crippen LogP contribution in [0, 0.1) is 13.8 Å². The van der Waals surface area contributed by atoms with Crippen LogP contribution in [0.25, 0.3) is 0 Å². The Bertz CT molecular complexity index is 422. The minimum absolute atomic E-state index is 0.136. The quantitative estimate of drug-likeness (QED) is 0.720. The summed E-state index contributed by atoms with van der Waals surface area (Å²) in [6.45, 7) is 4.01. The van der Waals surface area contributed by atoms with Crippen molar-refractivity contribution in [3.63, 3.8) is 0 Å². The molecule has 1 aromatic heterocycles. The van der Waals surface area contributed by atoms with E-state index < -0.39 is 6.04 Å². The average Bonchev–Trinajstić information content (AvgIpc) is 2.55. The second kappa shape index (κ2) is 3.09. The molecule has 14 heavy (non-hydrogen) atoms. The van der Waals surface area contributed by atoms with Crippen molar-refractivity contribution in [1.29, 1.82) is 0 Å². The number of guanidine groups is 1. The third-order valence-electron chi connectivity index (χ3n) is 2.14. The summed E-state index contributed by atoms with van der Waals surface area (Å²) in [7, 11) is 0. The van der Waals surface area contributed by atoms with Crippen LogP contribution in [-0.4, -0.2) is 11.9 Å². The molecule has 5 heteroatoms. The Hall–Kier alpha value is -1.36. The number of nitrogens with zero attached hydrogens (tertiary/aromatic N) is 1. The van der Waals surface area contributed by atoms with Crippen molar-refractivity contribution < 1.29 is 4.79 Å². The fourth-order valence-corrected chi connectivity index (χ4v) is 2.51. The summed E-state index contributed by atoms with van der Waals surface area (Å²) in [5.41, 5.74) is 6.39. The Labute approximate surface area is 85.8 Å². The highest BCUT2D eigenvalue weighted by Crippen LogP contribution is 2.30. The van der Waals surface area contributed by atoms with Crippen molar-refractivity contribution in [3.05, 3.63) is 21.4 Å². The molecule has 1 unspecified atom stereocenters. The first-order valence-electron chi connectivity index (χ1n) is 4.29. The average molecular weight is 209 g/mol. The molecule has 3 N–H and O–H groups in total. The number of thiophene rings is 1. The van der Waals surface area contributed by atoms with Crippen LogP contribution in [0.2, 0.25) is 0 Å². The maximum absolute atomic E-state index is 11.4. The van der Waals surface area contributed by atoms with Gasteiger partial charge in [0.05, 0.1) is 0 Å². The number of nitrogens with one attached hydrogen (secondary N) is 1. The van der Waals surface area contributed by atoms with Crippen LogP contribution in [0.4, 0.5) is 0 Å². The van der Waals surface area contributed by atoms with Gasteiger partial charge in [0.2, 0.25) is 0 Å². The summed E-state index contributed by atoms with van der Waals surface area (Å²) < 4.78 is 0. The van der Waals surface area contributed by atoms with E-state index in [0.29, 0.717) is 0 Å². The first-order chi connectivity index (χ1) is 6.58. The van der Waals surface area contributed by atoms with Crippen LogP contribution in [0.5, 0.6) is 0 Å². The second-order valence-corrected chi connectivity index (χ2v) is 4.74. The highest BCUT2D eigenvalue weighted by Gasteiger charge is 2.28. The summed E-state index contributed by atoms with van der Waals surface area (Å²) >= 11 is 1.67. The van der Waals surface area contributed by atoms with Crippen LogP contribution >= 0.6 is 11.3 Å². The molecule has 2 heterocycles. The molecule has 4 nitrogen and oxygen atoms in total. The summed E-state index contributed by atoms with van der Waals surface area (Å²) in [6, 6.07) is 1.55. The lowest BCUT2D eigenvalue weighted by atomic mass is 10.1. The third-order valence-corrected chi connectivity index (χ3v) is 3.12. The van der Waals surface area contributed by atoms with Crippen LogP contribution in [-0.2, 0) is 4.79 Å². The van der Waals surface area contributed by atoms with Gasteiger partial charge in [0.25, 0.3) is 5.91 Å². The molecule has 1 aliphatic heterocycles. The number of nitrogens with two attached hydrogens (primary N) is 1. The maximum atomic E-state index is 11.4. The first-order valence-corrected chi connectivity index (χ1v) is 5.10. The molecule has 0 saturated heterocycles. The van der Waals surface area contributed by atoms with E-state index in [-0.39, 0.29) is 11.9 Å². The summed E-state index contributed by atoms with van der Waals surface area (Å²) in [5.74, 6) is 0.0756. The molecule has 1 aliphatic rings. The number of hydrogen-bond acceptors (Lipinski definition) is 4. The first kappa shape index (κ1) is 9.21. The van der Waals surface area contributed by atoms with Crippen LogP contribution in [0.3, 0.4) is 0 Å². The summed E-state index contributed by atoms with van der Waals surface area (Å²) in [4.78, 5) is 17.8. The fourth-order valence-electron chi connectivity index (χ4n) is 1.56. The number of hydrogen-bond donors (Lipinski definition) is 2. The molecule has 0 aromatic carbocycles. The zero-order valence-electron chi connectivity index (χ0n) is 8.00. The fraction of sp³-hybridized carbons (Fsp3) is 0.333. The van der Waals surface area contributed by atoms with Crippen molar-refractivity contribution >= 4 is 23.2 Å². The number of amides is 1. The van der Waals surface area contributed by atoms with Crippen LogP contribution in [0.1, 0.15) is 21.4 Å². The molecular formula is C9H11N3OS. The lowest BCUT2D eigenvalue weighted by molar-refractivity contribution is -0.120. The topological polar surface area (TPSA) is 67.5 Å². The van der Waals surface area contributed by atoms with Gasteiger partial charge in [-0.2, -0.15) is 0 Å². The Morgan fingerprint density at radius 1 is 1.57 bits per heavy atom. The minimum atomic E-state index is -0.444. The monoisotopic (exact) mass is 209 g/mol. The van der Waals surface area contributed by atoms with E-state index in [1.54, 1.807) is 11.3 Å². The van der Waals surface area contributed by atoms with E-state index in [1.807, 2.05) is 19.9 Å². The zero-order valence-corrected chi connectivity index (χ0v) is 8.81. The molecule has 0 saturated carbocycles. The molecule has 74 valence electrons. The lowest BCUT2D eigenvalue weighted by Gasteiger charge is -2.02. The van der Waals surface area contributed by atoms with Gasteiger partial charge < -0.3 is 5.73 Å². The SMILES string of the molecule is Cc1cc(C2N=C(N)NC2=O)c(C)s1. The zero-order chi connectivity index (χ0) is 10.3. The standard InChI is InChI=1S/C9H11N3OS/c1-4-3-6(5(2)14-4)7-8(13)12-9(10)11-7/h3,7H,1-2H3,(H3,10,11,12,13). The predicted molar refractivity (Wildman–Crippen MR) is 56.3 cm³/mol. The van der Waals surface area contributed by atoms with Crippen molar-refractivity contribution in [2.24, 2.45) is 10.7 Å². The van der Waals surface area contributed by atoms with E-state index in [9.17, 15) is 4.79 Å². The van der Waals surface area contributed by atoms with Gasteiger partial charge in [0.1, 0.15) is 0 Å². The van der Waals surface area contributed by atoms with Gasteiger partial charge in [0.15, 0.2) is 12.0 Å². The molecule has 0 spiro atoms. The molecular weight excluding hydrogens is 198 g/mol. The normalized spacial score (nSPS) is 20.9. The van der Waals surface area contributed by atoms with E-state index in [0.717, 1.165) is 10.4 Å². The van der Waals surface area contributed by atoms with Crippen molar-refractivity contribution in [3.8, 4) is 0 Å². The Kier molecular flexibility index (Phi) is 2.03. The Morgan fingerprint density at radius 3 is 2.71 bits per heavy atom. The number of carbonyl (C=O) groups excluding carboxylic acids is 1. The Balaban J connectivity index is 2.40. The Morgan fingerprint density at radius 2 is 2.29 bits per heavy atom. The number of aryl methyl sites for hydroxylation is 2. The molecule has 1 amide bonds. The van der Waals surface area contributed by atoms with Gasteiger partial charge in [-0.25, -0.2) is 4.99 Å². The molecule has 0 radical (unpaired) electrons. The molecule has 0 fully saturated rings. The predicted octanol–water partition coefficient (Wildman–Crippen LogP) is 0.851. The van der Waals surface area contributed by atoms with Crippen molar-refractivity contribution in [2.75, 3.05) is 0 Å². The van der Waals surface area contributed by atoms with Gasteiger partial charge in [0, 0.05) is 9.75 Å². The lowest BCUT2D eigenvalue weighted by Crippen LogP contribution is -2.31. The van der Waals surface area contributed by atoms with Gasteiger partial charge in [-0.1, -0.05) is 0 Å². The van der Waals surface area contributed by atoms with Crippen molar-refractivity contribution in [1.82, 2.24) is 5.32 Å². The second-order valence-electron chi connectivity index (χ2n) is 3.27. The largest absolute Gasteiger partial charge is 0.370 e. The molecule has 2 rings (SSSR count). The van der Waals surface area contributed by atoms with Crippen LogP contribution in [0.15, 0.2) is 11.1 Å². The molecule has 1 atom stereocenters. The molecule has 0 aliphatic carbocycles. The van der Waals surface area contributed by atoms with Gasteiger partial charge in [-0.15, -0.1) is 11.3 Å². The number of carbonyl (C=O) groups is 1. The van der Waals surface area contributed by atoms with E-state index >= 15 is 0 Å². The summed E-state index contributed by atoms with van der Waals surface area (Å²) in [5, 5.41) is 2.50. The third kappa shape index (κ3) is 1.39. The van der Waals surface area contributed by atoms with Gasteiger partial charge >= 0.3 is 0 Å². The van der Waals surface area contributed by atoms with Crippen molar-refractivity contribution in [2.45, 2.75) is 19.9 Å². The van der Waals surface area contributed by atoms with Gasteiger partial charge in [-0.3, -0.25) is 10.1 Å². The maximum Gasteiger partial charge on any atom is 0.256 e. The molecule has 1 aromatic rings.